The maximum absolute atomic E-state index is 11.5. The molecule has 0 aliphatic carbocycles. The van der Waals surface area contributed by atoms with Crippen molar-refractivity contribution in [2.75, 3.05) is 18.1 Å². The second-order valence-corrected chi connectivity index (χ2v) is 4.91. The van der Waals surface area contributed by atoms with Crippen LogP contribution in [0.5, 0.6) is 0 Å². The van der Waals surface area contributed by atoms with E-state index < -0.39 is 0 Å². The van der Waals surface area contributed by atoms with E-state index in [1.165, 1.54) is 0 Å². The number of carbonyl (C=O) groups is 1. The highest BCUT2D eigenvalue weighted by atomic mass is 32.2. The minimum absolute atomic E-state index is 0.0384. The SMILES string of the molecule is CCCN1C(=O)N=C(N)C1CCSCC. The molecule has 15 heavy (non-hydrogen) atoms. The summed E-state index contributed by atoms with van der Waals surface area (Å²) < 4.78 is 0. The lowest BCUT2D eigenvalue weighted by molar-refractivity contribution is 0.205. The number of amidine groups is 1. The molecule has 1 rings (SSSR count). The molecule has 0 saturated carbocycles. The average Bonchev–Trinajstić information content (AvgIpc) is 2.45. The van der Waals surface area contributed by atoms with E-state index >= 15 is 0 Å². The number of nitrogens with two attached hydrogens (primary N) is 1. The second kappa shape index (κ2) is 6.00. The first-order chi connectivity index (χ1) is 7.20. The lowest BCUT2D eigenvalue weighted by Gasteiger charge is -2.23. The van der Waals surface area contributed by atoms with Crippen molar-refractivity contribution >= 4 is 23.6 Å². The van der Waals surface area contributed by atoms with E-state index in [-0.39, 0.29) is 12.1 Å². The number of nitrogens with zero attached hydrogens (tertiary/aromatic N) is 2. The van der Waals surface area contributed by atoms with Crippen LogP contribution in [0, 0.1) is 0 Å². The Morgan fingerprint density at radius 2 is 2.27 bits per heavy atom. The fourth-order valence-electron chi connectivity index (χ4n) is 1.68. The Balaban J connectivity index is 2.50. The van der Waals surface area contributed by atoms with Crippen molar-refractivity contribution in [3.63, 3.8) is 0 Å². The van der Waals surface area contributed by atoms with Gasteiger partial charge in [-0.15, -0.1) is 0 Å². The van der Waals surface area contributed by atoms with Gasteiger partial charge in [0.05, 0.1) is 6.04 Å². The third-order valence-corrected chi connectivity index (χ3v) is 3.32. The molecule has 1 atom stereocenters. The van der Waals surface area contributed by atoms with Crippen LogP contribution in [0.1, 0.15) is 26.7 Å². The summed E-state index contributed by atoms with van der Waals surface area (Å²) in [6, 6.07) is -0.127. The van der Waals surface area contributed by atoms with Crippen LogP contribution in [0.15, 0.2) is 4.99 Å². The monoisotopic (exact) mass is 229 g/mol. The first-order valence-corrected chi connectivity index (χ1v) is 6.58. The normalized spacial score (nSPS) is 20.9. The topological polar surface area (TPSA) is 58.7 Å². The standard InChI is InChI=1S/C10H19N3OS/c1-3-6-13-8(5-7-15-4-2)9(11)12-10(13)14/h8H,3-7H2,1-2H3,(H2,11,12,14). The Bertz CT molecular complexity index is 255. The van der Waals surface area contributed by atoms with Gasteiger partial charge < -0.3 is 10.6 Å². The molecule has 1 aliphatic heterocycles. The molecule has 0 aromatic heterocycles. The summed E-state index contributed by atoms with van der Waals surface area (Å²) in [5.74, 6) is 2.63. The van der Waals surface area contributed by atoms with Crippen molar-refractivity contribution in [1.82, 2.24) is 4.90 Å². The van der Waals surface area contributed by atoms with Crippen LogP contribution in [0.4, 0.5) is 4.79 Å². The molecule has 5 heteroatoms. The van der Waals surface area contributed by atoms with Crippen molar-refractivity contribution < 1.29 is 4.79 Å². The summed E-state index contributed by atoms with van der Waals surface area (Å²) in [4.78, 5) is 17.1. The van der Waals surface area contributed by atoms with Gasteiger partial charge in [0.25, 0.3) is 0 Å². The van der Waals surface area contributed by atoms with Crippen LogP contribution in [-0.2, 0) is 0 Å². The highest BCUT2D eigenvalue weighted by Gasteiger charge is 2.31. The van der Waals surface area contributed by atoms with Gasteiger partial charge in [-0.1, -0.05) is 13.8 Å². The molecule has 0 bridgehead atoms. The maximum Gasteiger partial charge on any atom is 0.345 e. The molecule has 2 amide bonds. The molecule has 2 N–H and O–H groups in total. The van der Waals surface area contributed by atoms with Gasteiger partial charge in [0.2, 0.25) is 0 Å². The van der Waals surface area contributed by atoms with Crippen molar-refractivity contribution in [2.24, 2.45) is 10.7 Å². The third kappa shape index (κ3) is 3.12. The van der Waals surface area contributed by atoms with Gasteiger partial charge in [0, 0.05) is 6.54 Å². The fraction of sp³-hybridized carbons (Fsp3) is 0.800. The van der Waals surface area contributed by atoms with Gasteiger partial charge in [0.1, 0.15) is 5.84 Å². The summed E-state index contributed by atoms with van der Waals surface area (Å²) in [6.07, 6.45) is 1.87. The summed E-state index contributed by atoms with van der Waals surface area (Å²) in [5.41, 5.74) is 5.75. The third-order valence-electron chi connectivity index (χ3n) is 2.39. The van der Waals surface area contributed by atoms with Gasteiger partial charge in [-0.3, -0.25) is 0 Å². The lowest BCUT2D eigenvalue weighted by atomic mass is 10.2. The van der Waals surface area contributed by atoms with E-state index in [1.54, 1.807) is 4.90 Å². The molecule has 0 aromatic rings. The molecule has 4 nitrogen and oxygen atoms in total. The summed E-state index contributed by atoms with van der Waals surface area (Å²) in [7, 11) is 0. The number of amides is 2. The van der Waals surface area contributed by atoms with Crippen LogP contribution in [0.25, 0.3) is 0 Å². The molecule has 1 aliphatic rings. The number of hydrogen-bond acceptors (Lipinski definition) is 3. The molecule has 0 saturated heterocycles. The van der Waals surface area contributed by atoms with Crippen LogP contribution >= 0.6 is 11.8 Å². The average molecular weight is 229 g/mol. The number of thioether (sulfide) groups is 1. The smallest absolute Gasteiger partial charge is 0.345 e. The van der Waals surface area contributed by atoms with Gasteiger partial charge >= 0.3 is 6.03 Å². The van der Waals surface area contributed by atoms with Gasteiger partial charge in [-0.25, -0.2) is 4.79 Å². The molecule has 0 fully saturated rings. The predicted octanol–water partition coefficient (Wildman–Crippen LogP) is 1.70. The first-order valence-electron chi connectivity index (χ1n) is 5.43. The number of urea groups is 1. The highest BCUT2D eigenvalue weighted by Crippen LogP contribution is 2.17. The van der Waals surface area contributed by atoms with Crippen LogP contribution < -0.4 is 5.73 Å². The van der Waals surface area contributed by atoms with E-state index in [0.29, 0.717) is 5.84 Å². The zero-order valence-corrected chi connectivity index (χ0v) is 10.2. The van der Waals surface area contributed by atoms with Gasteiger partial charge in [0.15, 0.2) is 0 Å². The first kappa shape index (κ1) is 12.4. The Morgan fingerprint density at radius 3 is 2.87 bits per heavy atom. The van der Waals surface area contributed by atoms with Gasteiger partial charge in [-0.05, 0) is 24.3 Å². The fourth-order valence-corrected chi connectivity index (χ4v) is 2.36. The minimum Gasteiger partial charge on any atom is -0.385 e. The number of carbonyl (C=O) groups excluding carboxylic acids is 1. The maximum atomic E-state index is 11.5. The zero-order chi connectivity index (χ0) is 11.3. The molecule has 1 unspecified atom stereocenters. The van der Waals surface area contributed by atoms with Crippen molar-refractivity contribution in [2.45, 2.75) is 32.7 Å². The van der Waals surface area contributed by atoms with Crippen LogP contribution in [0.2, 0.25) is 0 Å². The van der Waals surface area contributed by atoms with E-state index in [1.807, 2.05) is 11.8 Å². The number of hydrogen-bond donors (Lipinski definition) is 1. The van der Waals surface area contributed by atoms with E-state index in [4.69, 9.17) is 5.73 Å². The van der Waals surface area contributed by atoms with Gasteiger partial charge in [-0.2, -0.15) is 16.8 Å². The summed E-state index contributed by atoms with van der Waals surface area (Å²) in [5, 5.41) is 0. The molecule has 0 spiro atoms. The Kier molecular flexibility index (Phi) is 4.94. The lowest BCUT2D eigenvalue weighted by Crippen LogP contribution is -2.41. The van der Waals surface area contributed by atoms with E-state index in [2.05, 4.69) is 18.8 Å². The molecule has 86 valence electrons. The van der Waals surface area contributed by atoms with Crippen molar-refractivity contribution in [3.8, 4) is 0 Å². The van der Waals surface area contributed by atoms with E-state index in [9.17, 15) is 4.79 Å². The summed E-state index contributed by atoms with van der Waals surface area (Å²) in [6.45, 7) is 4.94. The number of aliphatic imine (C=N–C) groups is 1. The quantitative estimate of drug-likeness (QED) is 0.705. The largest absolute Gasteiger partial charge is 0.385 e. The Morgan fingerprint density at radius 1 is 1.53 bits per heavy atom. The second-order valence-electron chi connectivity index (χ2n) is 3.51. The Labute approximate surface area is 95.3 Å². The van der Waals surface area contributed by atoms with Crippen molar-refractivity contribution in [1.29, 1.82) is 0 Å². The predicted molar refractivity (Wildman–Crippen MR) is 65.4 cm³/mol. The minimum atomic E-state index is -0.166. The number of rotatable bonds is 6. The molecular weight excluding hydrogens is 210 g/mol. The molecule has 0 aromatic carbocycles. The zero-order valence-electron chi connectivity index (χ0n) is 9.40. The van der Waals surface area contributed by atoms with Crippen molar-refractivity contribution in [3.05, 3.63) is 0 Å². The Hall–Kier alpha value is -0.710. The van der Waals surface area contributed by atoms with E-state index in [0.717, 1.165) is 30.9 Å². The molecule has 1 heterocycles. The van der Waals surface area contributed by atoms with Crippen LogP contribution in [-0.4, -0.2) is 40.9 Å². The summed E-state index contributed by atoms with van der Waals surface area (Å²) >= 11 is 1.87. The molecular formula is C10H19N3OS. The van der Waals surface area contributed by atoms with Crippen LogP contribution in [0.3, 0.4) is 0 Å². The molecule has 0 radical (unpaired) electrons. The highest BCUT2D eigenvalue weighted by molar-refractivity contribution is 7.99.